The van der Waals surface area contributed by atoms with E-state index in [0.717, 1.165) is 16.7 Å². The SMILES string of the molecule is COC(=O)[C@H](c1ccccc1)[C@@H](C1=C(OC)/C(=C/c2ccccc2)OC1=O)c1ccccc1. The molecule has 3 aromatic rings. The molecule has 1 heterocycles. The highest BCUT2D eigenvalue weighted by Gasteiger charge is 2.44. The quantitative estimate of drug-likeness (QED) is 0.471. The van der Waals surface area contributed by atoms with Crippen molar-refractivity contribution in [3.63, 3.8) is 0 Å². The van der Waals surface area contributed by atoms with Crippen LogP contribution in [-0.2, 0) is 23.8 Å². The third kappa shape index (κ3) is 4.58. The number of hydrogen-bond donors (Lipinski definition) is 0. The van der Waals surface area contributed by atoms with Crippen LogP contribution >= 0.6 is 0 Å². The van der Waals surface area contributed by atoms with E-state index in [2.05, 4.69) is 0 Å². The summed E-state index contributed by atoms with van der Waals surface area (Å²) >= 11 is 0. The average Bonchev–Trinajstić information content (AvgIpc) is 3.17. The van der Waals surface area contributed by atoms with Crippen LogP contribution in [0.15, 0.2) is 108 Å². The Bertz CT molecular complexity index is 1180. The van der Waals surface area contributed by atoms with E-state index in [9.17, 15) is 9.59 Å². The van der Waals surface area contributed by atoms with Crippen molar-refractivity contribution >= 4 is 18.0 Å². The molecule has 0 aliphatic carbocycles. The van der Waals surface area contributed by atoms with Gasteiger partial charge in [-0.25, -0.2) is 4.79 Å². The van der Waals surface area contributed by atoms with Crippen molar-refractivity contribution < 1.29 is 23.8 Å². The third-order valence-corrected chi connectivity index (χ3v) is 5.61. The van der Waals surface area contributed by atoms with Gasteiger partial charge in [0.1, 0.15) is 0 Å². The van der Waals surface area contributed by atoms with Crippen LogP contribution in [-0.4, -0.2) is 26.2 Å². The van der Waals surface area contributed by atoms with E-state index < -0.39 is 23.8 Å². The van der Waals surface area contributed by atoms with Crippen molar-refractivity contribution in [3.05, 3.63) is 125 Å². The van der Waals surface area contributed by atoms with E-state index in [-0.39, 0.29) is 5.57 Å². The lowest BCUT2D eigenvalue weighted by Crippen LogP contribution is -2.26. The van der Waals surface area contributed by atoms with E-state index in [1.165, 1.54) is 14.2 Å². The summed E-state index contributed by atoms with van der Waals surface area (Å²) in [5.41, 5.74) is 2.65. The van der Waals surface area contributed by atoms with Crippen molar-refractivity contribution in [2.45, 2.75) is 11.8 Å². The molecule has 0 amide bonds. The fourth-order valence-electron chi connectivity index (χ4n) is 4.14. The molecular formula is C28H24O5. The van der Waals surface area contributed by atoms with Gasteiger partial charge in [-0.2, -0.15) is 0 Å². The first kappa shape index (κ1) is 22.1. The molecule has 0 fully saturated rings. The Morgan fingerprint density at radius 2 is 1.36 bits per heavy atom. The fraction of sp³-hybridized carbons (Fsp3) is 0.143. The second-order valence-corrected chi connectivity index (χ2v) is 7.56. The lowest BCUT2D eigenvalue weighted by atomic mass is 9.76. The fourth-order valence-corrected chi connectivity index (χ4v) is 4.14. The summed E-state index contributed by atoms with van der Waals surface area (Å²) < 4.78 is 16.5. The van der Waals surface area contributed by atoms with Gasteiger partial charge < -0.3 is 14.2 Å². The van der Waals surface area contributed by atoms with Crippen LogP contribution < -0.4 is 0 Å². The van der Waals surface area contributed by atoms with Gasteiger partial charge in [0, 0.05) is 5.92 Å². The van der Waals surface area contributed by atoms with Gasteiger partial charge in [-0.05, 0) is 22.8 Å². The number of carbonyl (C=O) groups excluding carboxylic acids is 2. The molecule has 0 unspecified atom stereocenters. The maximum absolute atomic E-state index is 13.3. The number of ether oxygens (including phenoxy) is 3. The number of benzene rings is 3. The molecule has 0 radical (unpaired) electrons. The largest absolute Gasteiger partial charge is 0.492 e. The Morgan fingerprint density at radius 3 is 1.91 bits per heavy atom. The molecule has 33 heavy (non-hydrogen) atoms. The van der Waals surface area contributed by atoms with E-state index in [4.69, 9.17) is 14.2 Å². The monoisotopic (exact) mass is 440 g/mol. The Labute approximate surface area is 192 Å². The van der Waals surface area contributed by atoms with Gasteiger partial charge in [-0.1, -0.05) is 91.0 Å². The zero-order chi connectivity index (χ0) is 23.2. The van der Waals surface area contributed by atoms with Crippen molar-refractivity contribution in [2.75, 3.05) is 14.2 Å². The minimum Gasteiger partial charge on any atom is -0.492 e. The van der Waals surface area contributed by atoms with Crippen molar-refractivity contribution in [1.29, 1.82) is 0 Å². The molecule has 166 valence electrons. The first-order valence-corrected chi connectivity index (χ1v) is 10.6. The lowest BCUT2D eigenvalue weighted by Gasteiger charge is -2.26. The molecule has 0 saturated heterocycles. The summed E-state index contributed by atoms with van der Waals surface area (Å²) in [6.07, 6.45) is 1.75. The predicted octanol–water partition coefficient (Wildman–Crippen LogP) is 5.23. The molecule has 0 bridgehead atoms. The molecule has 1 aliphatic heterocycles. The highest BCUT2D eigenvalue weighted by atomic mass is 16.6. The van der Waals surface area contributed by atoms with Gasteiger partial charge >= 0.3 is 11.9 Å². The third-order valence-electron chi connectivity index (χ3n) is 5.61. The summed E-state index contributed by atoms with van der Waals surface area (Å²) in [5.74, 6) is -1.84. The summed E-state index contributed by atoms with van der Waals surface area (Å²) in [6.45, 7) is 0. The maximum atomic E-state index is 13.3. The Morgan fingerprint density at radius 1 is 0.818 bits per heavy atom. The lowest BCUT2D eigenvalue weighted by molar-refractivity contribution is -0.143. The highest BCUT2D eigenvalue weighted by Crippen LogP contribution is 2.45. The molecule has 0 saturated carbocycles. The Hall–Kier alpha value is -4.12. The van der Waals surface area contributed by atoms with Crippen LogP contribution in [0, 0.1) is 0 Å². The topological polar surface area (TPSA) is 61.8 Å². The maximum Gasteiger partial charge on any atom is 0.344 e. The molecule has 0 spiro atoms. The van der Waals surface area contributed by atoms with Crippen molar-refractivity contribution in [3.8, 4) is 0 Å². The molecule has 2 atom stereocenters. The highest BCUT2D eigenvalue weighted by molar-refractivity contribution is 5.98. The van der Waals surface area contributed by atoms with E-state index >= 15 is 0 Å². The summed E-state index contributed by atoms with van der Waals surface area (Å²) in [7, 11) is 2.84. The molecule has 5 heteroatoms. The minimum atomic E-state index is -0.776. The van der Waals surface area contributed by atoms with Crippen LogP contribution in [0.2, 0.25) is 0 Å². The average molecular weight is 440 g/mol. The van der Waals surface area contributed by atoms with Crippen molar-refractivity contribution in [1.82, 2.24) is 0 Å². The first-order valence-electron chi connectivity index (χ1n) is 10.6. The molecular weight excluding hydrogens is 416 g/mol. The van der Waals surface area contributed by atoms with Gasteiger partial charge in [0.15, 0.2) is 11.5 Å². The summed E-state index contributed by atoms with van der Waals surface area (Å²) in [6, 6.07) is 28.2. The second kappa shape index (κ2) is 10.0. The molecule has 5 nitrogen and oxygen atoms in total. The Balaban J connectivity index is 1.93. The van der Waals surface area contributed by atoms with E-state index in [0.29, 0.717) is 11.5 Å². The van der Waals surface area contributed by atoms with E-state index in [1.807, 2.05) is 91.0 Å². The van der Waals surface area contributed by atoms with Gasteiger partial charge in [0.25, 0.3) is 0 Å². The zero-order valence-electron chi connectivity index (χ0n) is 18.4. The van der Waals surface area contributed by atoms with Crippen molar-refractivity contribution in [2.24, 2.45) is 0 Å². The van der Waals surface area contributed by atoms with Gasteiger partial charge in [0.2, 0.25) is 0 Å². The van der Waals surface area contributed by atoms with Crippen LogP contribution in [0.25, 0.3) is 6.08 Å². The normalized spacial score (nSPS) is 16.3. The molecule has 1 aliphatic rings. The summed E-state index contributed by atoms with van der Waals surface area (Å²) in [4.78, 5) is 26.4. The molecule has 4 rings (SSSR count). The zero-order valence-corrected chi connectivity index (χ0v) is 18.4. The molecule has 3 aromatic carbocycles. The van der Waals surface area contributed by atoms with Crippen LogP contribution in [0.1, 0.15) is 28.5 Å². The van der Waals surface area contributed by atoms with E-state index in [1.54, 1.807) is 6.08 Å². The first-order chi connectivity index (χ1) is 16.1. The smallest absolute Gasteiger partial charge is 0.344 e. The van der Waals surface area contributed by atoms with Crippen LogP contribution in [0.3, 0.4) is 0 Å². The van der Waals surface area contributed by atoms with Gasteiger partial charge in [0.05, 0.1) is 25.7 Å². The number of rotatable bonds is 7. The standard InChI is InChI=1S/C28H24O5/c1-31-26-22(18-19-12-6-3-7-13-19)33-28(30)25(26)23(20-14-8-4-9-15-20)24(27(29)32-2)21-16-10-5-11-17-21/h3-18,23-24H,1-2H3/b22-18-/t23-,24+/m0/s1. The molecule has 0 aromatic heterocycles. The van der Waals surface area contributed by atoms with Crippen LogP contribution in [0.5, 0.6) is 0 Å². The number of esters is 2. The predicted molar refractivity (Wildman–Crippen MR) is 125 cm³/mol. The second-order valence-electron chi connectivity index (χ2n) is 7.56. The van der Waals surface area contributed by atoms with Crippen LogP contribution in [0.4, 0.5) is 0 Å². The number of methoxy groups -OCH3 is 2. The summed E-state index contributed by atoms with van der Waals surface area (Å²) in [5, 5.41) is 0. The van der Waals surface area contributed by atoms with Gasteiger partial charge in [-0.3, -0.25) is 4.79 Å². The van der Waals surface area contributed by atoms with Gasteiger partial charge in [-0.15, -0.1) is 0 Å². The number of carbonyl (C=O) groups is 2. The minimum absolute atomic E-state index is 0.283. The number of hydrogen-bond acceptors (Lipinski definition) is 5. The number of cyclic esters (lactones) is 1. The Kier molecular flexibility index (Phi) is 6.69. The molecule has 0 N–H and O–H groups in total.